The number of nitrogens with zero attached hydrogens (tertiary/aromatic N) is 1. The van der Waals surface area contributed by atoms with Crippen molar-refractivity contribution in [1.82, 2.24) is 9.97 Å². The number of nitrogens with one attached hydrogen (secondary N) is 1. The molecule has 0 unspecified atom stereocenters. The zero-order valence-electron chi connectivity index (χ0n) is 11.1. The molecule has 0 aliphatic rings. The summed E-state index contributed by atoms with van der Waals surface area (Å²) in [6, 6.07) is 20.2. The molecule has 1 heterocycles. The number of benzene rings is 2. The summed E-state index contributed by atoms with van der Waals surface area (Å²) in [5.41, 5.74) is 4.35. The van der Waals surface area contributed by atoms with Gasteiger partial charge in [-0.1, -0.05) is 66.8 Å². The first-order chi connectivity index (χ1) is 9.74. The van der Waals surface area contributed by atoms with Gasteiger partial charge in [0.15, 0.2) is 0 Å². The molecule has 3 heteroatoms. The monoisotopic (exact) mass is 278 g/mol. The third-order valence-corrected chi connectivity index (χ3v) is 3.44. The average Bonchev–Trinajstić information content (AvgIpc) is 2.48. The van der Waals surface area contributed by atoms with Gasteiger partial charge in [-0.15, -0.1) is 0 Å². The van der Waals surface area contributed by atoms with E-state index < -0.39 is 0 Å². The van der Waals surface area contributed by atoms with Crippen molar-refractivity contribution in [2.75, 3.05) is 0 Å². The maximum absolute atomic E-state index is 5.30. The molecule has 2 aromatic carbocycles. The van der Waals surface area contributed by atoms with Crippen molar-refractivity contribution in [2.45, 2.75) is 6.92 Å². The molecule has 98 valence electrons. The molecule has 0 aliphatic heterocycles. The van der Waals surface area contributed by atoms with Crippen molar-refractivity contribution >= 4 is 12.2 Å². The molecule has 1 aromatic heterocycles. The van der Waals surface area contributed by atoms with Crippen molar-refractivity contribution in [1.29, 1.82) is 0 Å². The van der Waals surface area contributed by atoms with Gasteiger partial charge in [-0.05, 0) is 24.1 Å². The summed E-state index contributed by atoms with van der Waals surface area (Å²) in [4.78, 5) is 7.83. The van der Waals surface area contributed by atoms with Gasteiger partial charge in [-0.25, -0.2) is 4.98 Å². The SMILES string of the molecule is Cc1ccccc1-c1nc(=S)cc(-c2ccccc2)[nH]1. The second kappa shape index (κ2) is 5.39. The van der Waals surface area contributed by atoms with Crippen LogP contribution >= 0.6 is 12.2 Å². The fourth-order valence-corrected chi connectivity index (χ4v) is 2.41. The standard InChI is InChI=1S/C17H14N2S/c1-12-7-5-6-10-14(12)17-18-15(11-16(20)19-17)13-8-3-2-4-9-13/h2-11H,1H3,(H,18,19,20). The highest BCUT2D eigenvalue weighted by atomic mass is 32.1. The summed E-state index contributed by atoms with van der Waals surface area (Å²) < 4.78 is 0.598. The Kier molecular flexibility index (Phi) is 3.44. The Bertz CT molecular complexity index is 791. The molecule has 0 fully saturated rings. The summed E-state index contributed by atoms with van der Waals surface area (Å²) in [6.07, 6.45) is 0. The topological polar surface area (TPSA) is 28.7 Å². The first kappa shape index (κ1) is 12.8. The number of hydrogen-bond acceptors (Lipinski definition) is 2. The van der Waals surface area contributed by atoms with E-state index >= 15 is 0 Å². The van der Waals surface area contributed by atoms with Crippen LogP contribution in [0.3, 0.4) is 0 Å². The van der Waals surface area contributed by atoms with E-state index in [0.717, 1.165) is 22.6 Å². The fraction of sp³-hybridized carbons (Fsp3) is 0.0588. The molecule has 0 saturated heterocycles. The van der Waals surface area contributed by atoms with Crippen LogP contribution < -0.4 is 0 Å². The first-order valence-electron chi connectivity index (χ1n) is 6.47. The van der Waals surface area contributed by atoms with Crippen LogP contribution in [-0.4, -0.2) is 9.97 Å². The van der Waals surface area contributed by atoms with E-state index in [2.05, 4.69) is 41.2 Å². The summed E-state index contributed by atoms with van der Waals surface area (Å²) >= 11 is 5.30. The van der Waals surface area contributed by atoms with Gasteiger partial charge in [0.2, 0.25) is 0 Å². The van der Waals surface area contributed by atoms with Crippen molar-refractivity contribution in [3.05, 3.63) is 70.9 Å². The molecule has 0 spiro atoms. The fourth-order valence-electron chi connectivity index (χ4n) is 2.20. The Labute approximate surface area is 123 Å². The van der Waals surface area contributed by atoms with Crippen molar-refractivity contribution in [3.63, 3.8) is 0 Å². The molecule has 3 aromatic rings. The van der Waals surface area contributed by atoms with E-state index in [9.17, 15) is 0 Å². The lowest BCUT2D eigenvalue weighted by Gasteiger charge is -2.08. The summed E-state index contributed by atoms with van der Waals surface area (Å²) in [5, 5.41) is 0. The number of aryl methyl sites for hydroxylation is 1. The van der Waals surface area contributed by atoms with Crippen molar-refractivity contribution in [2.24, 2.45) is 0 Å². The Hall–Kier alpha value is -2.26. The highest BCUT2D eigenvalue weighted by Crippen LogP contribution is 2.23. The third-order valence-electron chi connectivity index (χ3n) is 3.23. The predicted octanol–water partition coefficient (Wildman–Crippen LogP) is 4.78. The van der Waals surface area contributed by atoms with E-state index in [4.69, 9.17) is 12.2 Å². The van der Waals surface area contributed by atoms with Crippen LogP contribution in [0, 0.1) is 11.6 Å². The molecule has 3 rings (SSSR count). The van der Waals surface area contributed by atoms with Crippen molar-refractivity contribution in [3.8, 4) is 22.6 Å². The summed E-state index contributed by atoms with van der Waals surface area (Å²) in [5.74, 6) is 0.814. The Morgan fingerprint density at radius 1 is 0.950 bits per heavy atom. The van der Waals surface area contributed by atoms with Crippen LogP contribution in [0.5, 0.6) is 0 Å². The lowest BCUT2D eigenvalue weighted by atomic mass is 10.1. The Morgan fingerprint density at radius 2 is 1.65 bits per heavy atom. The smallest absolute Gasteiger partial charge is 0.139 e. The molecule has 1 N–H and O–H groups in total. The second-order valence-electron chi connectivity index (χ2n) is 4.66. The molecule has 0 radical (unpaired) electrons. The van der Waals surface area contributed by atoms with Crippen LogP contribution in [0.2, 0.25) is 0 Å². The zero-order valence-corrected chi connectivity index (χ0v) is 11.9. The van der Waals surface area contributed by atoms with Gasteiger partial charge in [-0.2, -0.15) is 0 Å². The van der Waals surface area contributed by atoms with E-state index in [0.29, 0.717) is 4.64 Å². The van der Waals surface area contributed by atoms with E-state index in [1.165, 1.54) is 5.56 Å². The molecule has 20 heavy (non-hydrogen) atoms. The lowest BCUT2D eigenvalue weighted by Crippen LogP contribution is -1.94. The van der Waals surface area contributed by atoms with Gasteiger partial charge in [0.1, 0.15) is 10.5 Å². The molecular formula is C17H14N2S. The van der Waals surface area contributed by atoms with Crippen molar-refractivity contribution < 1.29 is 0 Å². The Morgan fingerprint density at radius 3 is 2.40 bits per heavy atom. The lowest BCUT2D eigenvalue weighted by molar-refractivity contribution is 1.16. The summed E-state index contributed by atoms with van der Waals surface area (Å²) in [7, 11) is 0. The zero-order chi connectivity index (χ0) is 13.9. The van der Waals surface area contributed by atoms with Crippen LogP contribution in [0.15, 0.2) is 60.7 Å². The number of H-pyrrole nitrogens is 1. The quantitative estimate of drug-likeness (QED) is 0.683. The molecule has 0 amide bonds. The van der Waals surface area contributed by atoms with Crippen LogP contribution in [0.25, 0.3) is 22.6 Å². The van der Waals surface area contributed by atoms with Crippen LogP contribution in [0.1, 0.15) is 5.56 Å². The van der Waals surface area contributed by atoms with E-state index in [1.54, 1.807) is 0 Å². The summed E-state index contributed by atoms with van der Waals surface area (Å²) in [6.45, 7) is 2.07. The molecule has 0 aliphatic carbocycles. The average molecular weight is 278 g/mol. The minimum Gasteiger partial charge on any atom is -0.339 e. The molecule has 0 saturated carbocycles. The largest absolute Gasteiger partial charge is 0.339 e. The minimum absolute atomic E-state index is 0.598. The van der Waals surface area contributed by atoms with Gasteiger partial charge >= 0.3 is 0 Å². The number of rotatable bonds is 2. The maximum Gasteiger partial charge on any atom is 0.139 e. The van der Waals surface area contributed by atoms with Gasteiger partial charge in [0.05, 0.1) is 0 Å². The molecular weight excluding hydrogens is 264 g/mol. The van der Waals surface area contributed by atoms with Gasteiger partial charge in [0.25, 0.3) is 0 Å². The van der Waals surface area contributed by atoms with Gasteiger partial charge < -0.3 is 4.98 Å². The van der Waals surface area contributed by atoms with Crippen LogP contribution in [0.4, 0.5) is 0 Å². The molecule has 0 atom stereocenters. The molecule has 0 bridgehead atoms. The predicted molar refractivity (Wildman–Crippen MR) is 85.0 cm³/mol. The third kappa shape index (κ3) is 2.53. The highest BCUT2D eigenvalue weighted by Gasteiger charge is 2.06. The Balaban J connectivity index is 2.18. The van der Waals surface area contributed by atoms with E-state index in [-0.39, 0.29) is 0 Å². The number of aromatic nitrogens is 2. The minimum atomic E-state index is 0.598. The van der Waals surface area contributed by atoms with Crippen LogP contribution in [-0.2, 0) is 0 Å². The highest BCUT2D eigenvalue weighted by molar-refractivity contribution is 7.71. The number of hydrogen-bond donors (Lipinski definition) is 1. The first-order valence-corrected chi connectivity index (χ1v) is 6.87. The normalized spacial score (nSPS) is 10.4. The second-order valence-corrected chi connectivity index (χ2v) is 5.08. The van der Waals surface area contributed by atoms with E-state index in [1.807, 2.05) is 36.4 Å². The number of aromatic amines is 1. The van der Waals surface area contributed by atoms with Gasteiger partial charge in [-0.3, -0.25) is 0 Å². The molecule has 2 nitrogen and oxygen atoms in total. The van der Waals surface area contributed by atoms with Gasteiger partial charge in [0, 0.05) is 11.3 Å². The maximum atomic E-state index is 5.30.